The van der Waals surface area contributed by atoms with Crippen molar-refractivity contribution in [3.8, 4) is 0 Å². The molecular weight excluding hydrogens is 296 g/mol. The molecule has 5 nitrogen and oxygen atoms in total. The lowest BCUT2D eigenvalue weighted by Gasteiger charge is -2.29. The summed E-state index contributed by atoms with van der Waals surface area (Å²) in [7, 11) is 0. The Labute approximate surface area is 133 Å². The molecule has 0 saturated heterocycles. The predicted octanol–water partition coefficient (Wildman–Crippen LogP) is 3.17. The molecule has 0 aliphatic heterocycles. The molecule has 2 aromatic heterocycles. The molecule has 2 heterocycles. The van der Waals surface area contributed by atoms with Gasteiger partial charge in [-0.15, -0.1) is 11.3 Å². The van der Waals surface area contributed by atoms with Crippen LogP contribution in [0.15, 0.2) is 28.5 Å². The second-order valence-corrected chi connectivity index (χ2v) is 7.20. The average Bonchev–Trinajstić information content (AvgIpc) is 3.27. The van der Waals surface area contributed by atoms with Gasteiger partial charge >= 0.3 is 0 Å². The zero-order chi connectivity index (χ0) is 14.9. The number of hydrogen-bond acceptors (Lipinski definition) is 5. The molecule has 2 aliphatic rings. The van der Waals surface area contributed by atoms with Crippen LogP contribution >= 0.6 is 11.3 Å². The number of thiazole rings is 1. The molecule has 6 heteroatoms. The highest BCUT2D eigenvalue weighted by Gasteiger charge is 2.28. The Balaban J connectivity index is 1.42. The van der Waals surface area contributed by atoms with Gasteiger partial charge in [0.15, 0.2) is 5.13 Å². The SMILES string of the molecule is O=c1ccc(C2CC2)nn1C1CCC(Nc2nccs2)CC1. The zero-order valence-electron chi connectivity index (χ0n) is 12.4. The lowest BCUT2D eigenvalue weighted by Crippen LogP contribution is -2.33. The number of nitrogens with zero attached hydrogens (tertiary/aromatic N) is 3. The van der Waals surface area contributed by atoms with Crippen LogP contribution in [0.1, 0.15) is 56.2 Å². The van der Waals surface area contributed by atoms with Crippen molar-refractivity contribution in [3.05, 3.63) is 39.8 Å². The van der Waals surface area contributed by atoms with Gasteiger partial charge in [-0.25, -0.2) is 9.67 Å². The third kappa shape index (κ3) is 2.92. The van der Waals surface area contributed by atoms with E-state index < -0.39 is 0 Å². The van der Waals surface area contributed by atoms with Gasteiger partial charge in [-0.2, -0.15) is 5.10 Å². The minimum atomic E-state index is 0.0423. The Morgan fingerprint density at radius 2 is 1.95 bits per heavy atom. The zero-order valence-corrected chi connectivity index (χ0v) is 13.3. The Bertz CT molecular complexity index is 684. The van der Waals surface area contributed by atoms with Crippen LogP contribution in [0.25, 0.3) is 0 Å². The quantitative estimate of drug-likeness (QED) is 0.941. The van der Waals surface area contributed by atoms with Crippen molar-refractivity contribution >= 4 is 16.5 Å². The molecule has 0 spiro atoms. The van der Waals surface area contributed by atoms with Gasteiger partial charge in [0.1, 0.15) is 0 Å². The first kappa shape index (κ1) is 13.9. The van der Waals surface area contributed by atoms with Crippen LogP contribution in [0.3, 0.4) is 0 Å². The average molecular weight is 316 g/mol. The largest absolute Gasteiger partial charge is 0.359 e. The van der Waals surface area contributed by atoms with Crippen molar-refractivity contribution in [2.45, 2.75) is 56.5 Å². The minimum Gasteiger partial charge on any atom is -0.359 e. The maximum atomic E-state index is 12.1. The van der Waals surface area contributed by atoms with Gasteiger partial charge in [-0.05, 0) is 44.6 Å². The fourth-order valence-corrected chi connectivity index (χ4v) is 3.84. The van der Waals surface area contributed by atoms with Gasteiger partial charge in [-0.1, -0.05) is 0 Å². The number of rotatable bonds is 4. The first-order valence-corrected chi connectivity index (χ1v) is 8.93. The van der Waals surface area contributed by atoms with Crippen LogP contribution in [0.2, 0.25) is 0 Å². The molecule has 4 rings (SSSR count). The third-order valence-electron chi connectivity index (χ3n) is 4.64. The van der Waals surface area contributed by atoms with Gasteiger partial charge in [0, 0.05) is 29.6 Å². The van der Waals surface area contributed by atoms with Gasteiger partial charge in [0.2, 0.25) is 0 Å². The van der Waals surface area contributed by atoms with Gasteiger partial charge < -0.3 is 5.32 Å². The van der Waals surface area contributed by atoms with Crippen LogP contribution in [0.4, 0.5) is 5.13 Å². The highest BCUT2D eigenvalue weighted by Crippen LogP contribution is 2.38. The van der Waals surface area contributed by atoms with E-state index in [9.17, 15) is 4.79 Å². The molecule has 0 unspecified atom stereocenters. The summed E-state index contributed by atoms with van der Waals surface area (Å²) < 4.78 is 1.74. The molecular formula is C16H20N4OS. The predicted molar refractivity (Wildman–Crippen MR) is 87.5 cm³/mol. The molecule has 2 saturated carbocycles. The summed E-state index contributed by atoms with van der Waals surface area (Å²) in [5, 5.41) is 11.1. The molecule has 1 N–H and O–H groups in total. The maximum absolute atomic E-state index is 12.1. The molecule has 0 amide bonds. The maximum Gasteiger partial charge on any atom is 0.267 e. The van der Waals surface area contributed by atoms with Crippen molar-refractivity contribution in [3.63, 3.8) is 0 Å². The fraction of sp³-hybridized carbons (Fsp3) is 0.562. The number of aromatic nitrogens is 3. The summed E-state index contributed by atoms with van der Waals surface area (Å²) in [5.74, 6) is 0.592. The van der Waals surface area contributed by atoms with E-state index in [-0.39, 0.29) is 11.6 Å². The number of hydrogen-bond donors (Lipinski definition) is 1. The van der Waals surface area contributed by atoms with E-state index in [4.69, 9.17) is 0 Å². The summed E-state index contributed by atoms with van der Waals surface area (Å²) >= 11 is 1.64. The van der Waals surface area contributed by atoms with Crippen molar-refractivity contribution in [2.24, 2.45) is 0 Å². The Hall–Kier alpha value is -1.69. The smallest absolute Gasteiger partial charge is 0.267 e. The van der Waals surface area contributed by atoms with Crippen LogP contribution in [-0.4, -0.2) is 20.8 Å². The molecule has 2 fully saturated rings. The monoisotopic (exact) mass is 316 g/mol. The van der Waals surface area contributed by atoms with E-state index in [2.05, 4.69) is 15.4 Å². The molecule has 0 aromatic carbocycles. The van der Waals surface area contributed by atoms with E-state index in [0.29, 0.717) is 12.0 Å². The minimum absolute atomic E-state index is 0.0423. The van der Waals surface area contributed by atoms with Gasteiger partial charge in [0.25, 0.3) is 5.56 Å². The highest BCUT2D eigenvalue weighted by molar-refractivity contribution is 7.13. The molecule has 2 aromatic rings. The molecule has 116 valence electrons. The van der Waals surface area contributed by atoms with Crippen LogP contribution < -0.4 is 10.9 Å². The van der Waals surface area contributed by atoms with Crippen LogP contribution in [0.5, 0.6) is 0 Å². The molecule has 0 bridgehead atoms. The van der Waals surface area contributed by atoms with Crippen molar-refractivity contribution < 1.29 is 0 Å². The number of anilines is 1. The summed E-state index contributed by atoms with van der Waals surface area (Å²) in [6.07, 6.45) is 8.39. The van der Waals surface area contributed by atoms with E-state index in [0.717, 1.165) is 36.5 Å². The lowest BCUT2D eigenvalue weighted by atomic mass is 9.91. The van der Waals surface area contributed by atoms with Crippen molar-refractivity contribution in [1.29, 1.82) is 0 Å². The van der Waals surface area contributed by atoms with E-state index >= 15 is 0 Å². The molecule has 0 radical (unpaired) electrons. The highest BCUT2D eigenvalue weighted by atomic mass is 32.1. The van der Waals surface area contributed by atoms with Gasteiger partial charge in [0.05, 0.1) is 11.7 Å². The second-order valence-electron chi connectivity index (χ2n) is 6.30. The van der Waals surface area contributed by atoms with Crippen molar-refractivity contribution in [2.75, 3.05) is 5.32 Å². The summed E-state index contributed by atoms with van der Waals surface area (Å²) in [6, 6.07) is 4.32. The van der Waals surface area contributed by atoms with Crippen LogP contribution in [0, 0.1) is 0 Å². The first-order chi connectivity index (χ1) is 10.8. The Morgan fingerprint density at radius 3 is 2.64 bits per heavy atom. The van der Waals surface area contributed by atoms with Crippen molar-refractivity contribution in [1.82, 2.24) is 14.8 Å². The molecule has 0 atom stereocenters. The Morgan fingerprint density at radius 1 is 1.14 bits per heavy atom. The summed E-state index contributed by atoms with van der Waals surface area (Å²) in [6.45, 7) is 0. The Kier molecular flexibility index (Phi) is 3.70. The third-order valence-corrected chi connectivity index (χ3v) is 5.35. The fourth-order valence-electron chi connectivity index (χ4n) is 3.23. The van der Waals surface area contributed by atoms with E-state index in [1.165, 1.54) is 12.8 Å². The van der Waals surface area contributed by atoms with E-state index in [1.54, 1.807) is 22.1 Å². The molecule has 22 heavy (non-hydrogen) atoms. The summed E-state index contributed by atoms with van der Waals surface area (Å²) in [4.78, 5) is 16.4. The second kappa shape index (κ2) is 5.83. The topological polar surface area (TPSA) is 59.8 Å². The number of nitrogens with one attached hydrogen (secondary N) is 1. The van der Waals surface area contributed by atoms with Gasteiger partial charge in [-0.3, -0.25) is 4.79 Å². The lowest BCUT2D eigenvalue weighted by molar-refractivity contribution is 0.301. The standard InChI is InChI=1S/C16H20N4OS/c21-15-8-7-14(11-1-2-11)19-20(15)13-5-3-12(4-6-13)18-16-17-9-10-22-16/h7-13H,1-6H2,(H,17,18). The first-order valence-electron chi connectivity index (χ1n) is 8.05. The van der Waals surface area contributed by atoms with Crippen LogP contribution in [-0.2, 0) is 0 Å². The van der Waals surface area contributed by atoms with E-state index in [1.807, 2.05) is 17.6 Å². The normalized spacial score (nSPS) is 25.1. The molecule has 2 aliphatic carbocycles. The summed E-state index contributed by atoms with van der Waals surface area (Å²) in [5.41, 5.74) is 1.14.